The molecule has 1 aromatic heterocycles. The first-order valence-corrected chi connectivity index (χ1v) is 11.4. The molecule has 6 nitrogen and oxygen atoms in total. The molecule has 0 bridgehead atoms. The summed E-state index contributed by atoms with van der Waals surface area (Å²) in [5.41, 5.74) is 10.4. The molecular formula is C26H29N3O3. The van der Waals surface area contributed by atoms with Gasteiger partial charge >= 0.3 is 0 Å². The van der Waals surface area contributed by atoms with Crippen molar-refractivity contribution < 1.29 is 14.6 Å². The van der Waals surface area contributed by atoms with Crippen molar-refractivity contribution in [3.63, 3.8) is 0 Å². The lowest BCUT2D eigenvalue weighted by Crippen LogP contribution is -2.33. The molecule has 0 aliphatic heterocycles. The number of carbonyl (C=O) groups excluding carboxylic acids is 1. The summed E-state index contributed by atoms with van der Waals surface area (Å²) in [7, 11) is 1.54. The number of nitrogens with zero attached hydrogens (tertiary/aromatic N) is 1. The average Bonchev–Trinajstić information content (AvgIpc) is 3.66. The smallest absolute Gasteiger partial charge is 0.169 e. The maximum absolute atomic E-state index is 13.1. The second kappa shape index (κ2) is 8.43. The van der Waals surface area contributed by atoms with E-state index >= 15 is 0 Å². The zero-order valence-electron chi connectivity index (χ0n) is 18.3. The molecule has 0 radical (unpaired) electrons. The number of phenolic OH excluding ortho intramolecular Hbond substituents is 1. The number of pyridine rings is 1. The van der Waals surface area contributed by atoms with Crippen LogP contribution in [0.5, 0.6) is 11.5 Å². The van der Waals surface area contributed by atoms with E-state index < -0.39 is 0 Å². The van der Waals surface area contributed by atoms with Gasteiger partial charge in [-0.25, -0.2) is 0 Å². The minimum atomic E-state index is 0.105. The highest BCUT2D eigenvalue weighted by Gasteiger charge is 2.33. The number of fused-ring (bicyclic) bond motifs is 1. The van der Waals surface area contributed by atoms with Crippen LogP contribution in [0.4, 0.5) is 5.69 Å². The van der Waals surface area contributed by atoms with Crippen LogP contribution in [0.1, 0.15) is 48.9 Å². The number of methoxy groups -OCH3 is 1. The summed E-state index contributed by atoms with van der Waals surface area (Å²) in [6.45, 7) is 0. The minimum absolute atomic E-state index is 0.105. The van der Waals surface area contributed by atoms with Crippen molar-refractivity contribution in [1.29, 1.82) is 0 Å². The van der Waals surface area contributed by atoms with E-state index in [-0.39, 0.29) is 23.5 Å². The Kier molecular flexibility index (Phi) is 5.47. The molecule has 3 aromatic rings. The molecule has 2 aliphatic carbocycles. The third kappa shape index (κ3) is 4.02. The number of nitrogens with one attached hydrogen (secondary N) is 1. The number of ketones is 1. The first kappa shape index (κ1) is 20.8. The van der Waals surface area contributed by atoms with Crippen molar-refractivity contribution in [3.05, 3.63) is 48.2 Å². The summed E-state index contributed by atoms with van der Waals surface area (Å²) < 4.78 is 5.28. The summed E-state index contributed by atoms with van der Waals surface area (Å²) in [4.78, 5) is 17.7. The molecule has 1 heterocycles. The van der Waals surface area contributed by atoms with Gasteiger partial charge in [0.25, 0.3) is 0 Å². The molecule has 2 fully saturated rings. The third-order valence-electron chi connectivity index (χ3n) is 6.71. The van der Waals surface area contributed by atoms with Crippen molar-refractivity contribution >= 4 is 22.4 Å². The van der Waals surface area contributed by atoms with Gasteiger partial charge in [-0.2, -0.15) is 0 Å². The van der Waals surface area contributed by atoms with Gasteiger partial charge in [-0.15, -0.1) is 0 Å². The number of carbonyl (C=O) groups is 1. The monoisotopic (exact) mass is 431 g/mol. The van der Waals surface area contributed by atoms with Crippen molar-refractivity contribution in [3.8, 4) is 22.6 Å². The van der Waals surface area contributed by atoms with E-state index in [2.05, 4.69) is 16.4 Å². The highest BCUT2D eigenvalue weighted by molar-refractivity contribution is 6.10. The van der Waals surface area contributed by atoms with Gasteiger partial charge in [0.1, 0.15) is 0 Å². The summed E-state index contributed by atoms with van der Waals surface area (Å²) in [5.74, 6) is 0.842. The molecule has 166 valence electrons. The zero-order valence-corrected chi connectivity index (χ0v) is 18.3. The van der Waals surface area contributed by atoms with E-state index in [4.69, 9.17) is 10.5 Å². The Morgan fingerprint density at radius 1 is 1.06 bits per heavy atom. The van der Waals surface area contributed by atoms with E-state index in [0.29, 0.717) is 17.4 Å². The fourth-order valence-corrected chi connectivity index (χ4v) is 4.60. The molecule has 6 heteroatoms. The van der Waals surface area contributed by atoms with Gasteiger partial charge < -0.3 is 20.9 Å². The topological polar surface area (TPSA) is 97.5 Å². The summed E-state index contributed by atoms with van der Waals surface area (Å²) in [6.07, 6.45) is 7.64. The van der Waals surface area contributed by atoms with E-state index in [0.717, 1.165) is 66.2 Å². The van der Waals surface area contributed by atoms with Crippen LogP contribution in [-0.4, -0.2) is 35.1 Å². The van der Waals surface area contributed by atoms with Gasteiger partial charge in [-0.05, 0) is 73.9 Å². The molecule has 0 spiro atoms. The lowest BCUT2D eigenvalue weighted by atomic mass is 9.91. The average molecular weight is 432 g/mol. The third-order valence-corrected chi connectivity index (χ3v) is 6.71. The van der Waals surface area contributed by atoms with Crippen LogP contribution in [0.3, 0.4) is 0 Å². The van der Waals surface area contributed by atoms with Gasteiger partial charge in [0, 0.05) is 29.6 Å². The molecule has 32 heavy (non-hydrogen) atoms. The van der Waals surface area contributed by atoms with E-state index in [1.165, 1.54) is 7.11 Å². The molecule has 0 saturated heterocycles. The molecule has 0 unspecified atom stereocenters. The molecule has 2 saturated carbocycles. The number of hydrogen-bond acceptors (Lipinski definition) is 6. The Labute approximate surface area is 187 Å². The van der Waals surface area contributed by atoms with Crippen LogP contribution in [0.15, 0.2) is 42.6 Å². The lowest BCUT2D eigenvalue weighted by Gasteiger charge is -2.29. The Bertz CT molecular complexity index is 1160. The largest absolute Gasteiger partial charge is 0.504 e. The standard InChI is InChI=1S/C26H29N3O3/c1-32-24-13-17(5-11-23(24)30)16-4-10-22-20(12-16)25(29-19-8-6-18(27)7-9-19)21(14-28-22)26(31)15-2-3-15/h4-5,10-15,18-19,30H,2-3,6-9,27H2,1H3,(H,28,29)/t18-,19-. The molecule has 4 N–H and O–H groups in total. The highest BCUT2D eigenvalue weighted by atomic mass is 16.5. The van der Waals surface area contributed by atoms with Gasteiger partial charge in [-0.1, -0.05) is 12.1 Å². The predicted octanol–water partition coefficient (Wildman–Crippen LogP) is 4.89. The van der Waals surface area contributed by atoms with Gasteiger partial charge in [-0.3, -0.25) is 9.78 Å². The van der Waals surface area contributed by atoms with Gasteiger partial charge in [0.2, 0.25) is 0 Å². The van der Waals surface area contributed by atoms with Crippen LogP contribution in [0, 0.1) is 5.92 Å². The first-order chi connectivity index (χ1) is 15.5. The van der Waals surface area contributed by atoms with E-state index in [1.54, 1.807) is 12.3 Å². The van der Waals surface area contributed by atoms with Crippen LogP contribution in [-0.2, 0) is 0 Å². The first-order valence-electron chi connectivity index (χ1n) is 11.4. The Morgan fingerprint density at radius 2 is 1.78 bits per heavy atom. The Hall–Kier alpha value is -3.12. The van der Waals surface area contributed by atoms with E-state index in [9.17, 15) is 9.90 Å². The second-order valence-electron chi connectivity index (χ2n) is 9.06. The number of anilines is 1. The van der Waals surface area contributed by atoms with Crippen molar-refractivity contribution in [2.75, 3.05) is 12.4 Å². The summed E-state index contributed by atoms with van der Waals surface area (Å²) in [5, 5.41) is 14.6. The fraction of sp³-hybridized carbons (Fsp3) is 0.385. The van der Waals surface area contributed by atoms with Crippen LogP contribution in [0.25, 0.3) is 22.0 Å². The zero-order chi connectivity index (χ0) is 22.2. The Balaban J connectivity index is 1.60. The van der Waals surface area contributed by atoms with Crippen molar-refractivity contribution in [1.82, 2.24) is 4.98 Å². The van der Waals surface area contributed by atoms with Crippen LogP contribution < -0.4 is 15.8 Å². The number of nitrogens with two attached hydrogens (primary N) is 1. The quantitative estimate of drug-likeness (QED) is 0.481. The maximum Gasteiger partial charge on any atom is 0.169 e. The molecule has 2 aliphatic rings. The molecular weight excluding hydrogens is 402 g/mol. The van der Waals surface area contributed by atoms with Crippen molar-refractivity contribution in [2.45, 2.75) is 50.6 Å². The van der Waals surface area contributed by atoms with E-state index in [1.807, 2.05) is 24.3 Å². The van der Waals surface area contributed by atoms with Crippen LogP contribution in [0.2, 0.25) is 0 Å². The second-order valence-corrected chi connectivity index (χ2v) is 9.06. The number of phenols is 1. The number of rotatable bonds is 6. The SMILES string of the molecule is COc1cc(-c2ccc3ncc(C(=O)C4CC4)c(N[C@H]4CC[C@H](N)CC4)c3c2)ccc1O. The highest BCUT2D eigenvalue weighted by Crippen LogP contribution is 2.39. The predicted molar refractivity (Wildman–Crippen MR) is 126 cm³/mol. The van der Waals surface area contributed by atoms with Crippen molar-refractivity contribution in [2.24, 2.45) is 11.7 Å². The van der Waals surface area contributed by atoms with Gasteiger partial charge in [0.15, 0.2) is 17.3 Å². The Morgan fingerprint density at radius 3 is 2.50 bits per heavy atom. The lowest BCUT2D eigenvalue weighted by molar-refractivity contribution is 0.0968. The number of aromatic nitrogens is 1. The van der Waals surface area contributed by atoms with Gasteiger partial charge in [0.05, 0.1) is 23.9 Å². The number of benzene rings is 2. The number of ether oxygens (including phenoxy) is 1. The molecule has 0 atom stereocenters. The molecule has 0 amide bonds. The molecule has 2 aromatic carbocycles. The number of hydrogen-bond donors (Lipinski definition) is 3. The maximum atomic E-state index is 13.1. The number of Topliss-reactive ketones (excluding diaryl/α,β-unsaturated/α-hetero) is 1. The summed E-state index contributed by atoms with van der Waals surface area (Å²) >= 11 is 0. The fourth-order valence-electron chi connectivity index (χ4n) is 4.60. The minimum Gasteiger partial charge on any atom is -0.504 e. The number of aromatic hydroxyl groups is 1. The normalized spacial score (nSPS) is 20.8. The summed E-state index contributed by atoms with van der Waals surface area (Å²) in [6, 6.07) is 11.9. The van der Waals surface area contributed by atoms with Crippen LogP contribution >= 0.6 is 0 Å². The molecule has 5 rings (SSSR count).